The molecule has 0 aromatic carbocycles. The van der Waals surface area contributed by atoms with E-state index in [1.807, 2.05) is 30.9 Å². The highest BCUT2D eigenvalue weighted by molar-refractivity contribution is 5.95. The van der Waals surface area contributed by atoms with E-state index in [4.69, 9.17) is 0 Å². The predicted molar refractivity (Wildman–Crippen MR) is 93.3 cm³/mol. The highest BCUT2D eigenvalue weighted by atomic mass is 16.2. The van der Waals surface area contributed by atoms with E-state index in [2.05, 4.69) is 26.9 Å². The first-order chi connectivity index (χ1) is 11.5. The highest BCUT2D eigenvalue weighted by Crippen LogP contribution is 2.22. The van der Waals surface area contributed by atoms with Crippen molar-refractivity contribution in [2.45, 2.75) is 13.3 Å². The number of aromatic nitrogens is 4. The van der Waals surface area contributed by atoms with Crippen LogP contribution in [-0.2, 0) is 7.05 Å². The third-order valence-electron chi connectivity index (χ3n) is 4.39. The fraction of sp³-hybridized carbons (Fsp3) is 0.625. The number of aryl methyl sites for hydroxylation is 1. The third kappa shape index (κ3) is 3.06. The van der Waals surface area contributed by atoms with E-state index < -0.39 is 0 Å². The van der Waals surface area contributed by atoms with Crippen LogP contribution in [0.25, 0.3) is 11.0 Å². The number of carbonyl (C=O) groups is 1. The van der Waals surface area contributed by atoms with E-state index in [-0.39, 0.29) is 11.7 Å². The van der Waals surface area contributed by atoms with Gasteiger partial charge in [-0.2, -0.15) is 5.10 Å². The molecule has 2 aromatic heterocycles. The highest BCUT2D eigenvalue weighted by Gasteiger charge is 2.25. The molecule has 0 N–H and O–H groups in total. The minimum absolute atomic E-state index is 0.0997. The molecule has 1 fully saturated rings. The second-order valence-corrected chi connectivity index (χ2v) is 6.40. The fourth-order valence-electron chi connectivity index (χ4n) is 3.08. The largest absolute Gasteiger partial charge is 0.362 e. The molecule has 0 unspecified atom stereocenters. The lowest BCUT2D eigenvalue weighted by atomic mass is 10.3. The van der Waals surface area contributed by atoms with E-state index in [0.717, 1.165) is 50.3 Å². The fourth-order valence-corrected chi connectivity index (χ4v) is 3.08. The molecule has 1 aliphatic rings. The number of anilines is 1. The van der Waals surface area contributed by atoms with Crippen molar-refractivity contribution >= 4 is 22.8 Å². The van der Waals surface area contributed by atoms with Gasteiger partial charge in [0.15, 0.2) is 5.65 Å². The van der Waals surface area contributed by atoms with Crippen molar-refractivity contribution in [3.8, 4) is 0 Å². The zero-order chi connectivity index (χ0) is 17.3. The Hall–Kier alpha value is -2.22. The van der Waals surface area contributed by atoms with Gasteiger partial charge in [-0.05, 0) is 13.0 Å². The maximum atomic E-state index is 12.9. The van der Waals surface area contributed by atoms with Crippen molar-refractivity contribution in [3.63, 3.8) is 0 Å². The first kappa shape index (κ1) is 16.6. The van der Waals surface area contributed by atoms with Gasteiger partial charge in [0.25, 0.3) is 5.91 Å². The van der Waals surface area contributed by atoms with Crippen molar-refractivity contribution in [2.24, 2.45) is 7.05 Å². The number of fused-ring (bicyclic) bond motifs is 1. The molecule has 24 heavy (non-hydrogen) atoms. The van der Waals surface area contributed by atoms with Gasteiger partial charge in [-0.3, -0.25) is 14.4 Å². The van der Waals surface area contributed by atoms with Crippen LogP contribution in [0.15, 0.2) is 6.20 Å². The average molecular weight is 331 g/mol. The minimum atomic E-state index is -0.0997. The molecule has 1 saturated heterocycles. The summed E-state index contributed by atoms with van der Waals surface area (Å²) in [6.45, 7) is 6.54. The van der Waals surface area contributed by atoms with Crippen molar-refractivity contribution in [3.05, 3.63) is 12.0 Å². The number of hydrogen-bond donors (Lipinski definition) is 0. The molecule has 3 heterocycles. The van der Waals surface area contributed by atoms with Crippen LogP contribution in [0.1, 0.15) is 24.0 Å². The van der Waals surface area contributed by atoms with Crippen LogP contribution in [-0.4, -0.2) is 82.3 Å². The average Bonchev–Trinajstić information content (AvgIpc) is 2.95. The van der Waals surface area contributed by atoms with E-state index in [9.17, 15) is 4.79 Å². The summed E-state index contributed by atoms with van der Waals surface area (Å²) in [6.07, 6.45) is 2.88. The van der Waals surface area contributed by atoms with Gasteiger partial charge >= 0.3 is 0 Å². The molecular weight excluding hydrogens is 306 g/mol. The van der Waals surface area contributed by atoms with Gasteiger partial charge in [-0.25, -0.2) is 9.97 Å². The summed E-state index contributed by atoms with van der Waals surface area (Å²) in [4.78, 5) is 27.9. The van der Waals surface area contributed by atoms with Gasteiger partial charge in [-0.1, -0.05) is 6.92 Å². The zero-order valence-electron chi connectivity index (χ0n) is 14.9. The summed E-state index contributed by atoms with van der Waals surface area (Å²) in [5.74, 6) is 0.872. The third-order valence-corrected chi connectivity index (χ3v) is 4.39. The van der Waals surface area contributed by atoms with E-state index in [1.54, 1.807) is 10.9 Å². The Labute approximate surface area is 142 Å². The number of hydrogen-bond acceptors (Lipinski definition) is 6. The van der Waals surface area contributed by atoms with Gasteiger partial charge in [0.05, 0.1) is 11.6 Å². The number of amides is 1. The number of rotatable bonds is 4. The Bertz CT molecular complexity index is 731. The molecule has 0 spiro atoms. The number of piperazine rings is 1. The van der Waals surface area contributed by atoms with Crippen LogP contribution >= 0.6 is 0 Å². The summed E-state index contributed by atoms with van der Waals surface area (Å²) in [5, 5.41) is 5.09. The number of carbonyl (C=O) groups excluding carboxylic acids is 1. The predicted octanol–water partition coefficient (Wildman–Crippen LogP) is 0.597. The maximum Gasteiger partial charge on any atom is 0.291 e. The maximum absolute atomic E-state index is 12.9. The van der Waals surface area contributed by atoms with Crippen LogP contribution < -0.4 is 4.90 Å². The van der Waals surface area contributed by atoms with Gasteiger partial charge in [0.2, 0.25) is 5.82 Å². The minimum Gasteiger partial charge on any atom is -0.362 e. The first-order valence-electron chi connectivity index (χ1n) is 8.40. The summed E-state index contributed by atoms with van der Waals surface area (Å²) in [5.41, 5.74) is 0.682. The summed E-state index contributed by atoms with van der Waals surface area (Å²) in [7, 11) is 5.64. The van der Waals surface area contributed by atoms with Crippen LogP contribution in [0, 0.1) is 0 Å². The molecule has 0 aliphatic carbocycles. The molecule has 1 amide bonds. The molecule has 3 rings (SSSR count). The lowest BCUT2D eigenvalue weighted by Gasteiger charge is -2.34. The lowest BCUT2D eigenvalue weighted by Crippen LogP contribution is -2.49. The molecule has 0 atom stereocenters. The Morgan fingerprint density at radius 3 is 2.54 bits per heavy atom. The molecule has 8 nitrogen and oxygen atoms in total. The smallest absolute Gasteiger partial charge is 0.291 e. The summed E-state index contributed by atoms with van der Waals surface area (Å²) >= 11 is 0. The molecular formula is C16H25N7O. The zero-order valence-corrected chi connectivity index (χ0v) is 14.9. The first-order valence-corrected chi connectivity index (χ1v) is 8.40. The van der Waals surface area contributed by atoms with Crippen molar-refractivity contribution in [1.29, 1.82) is 0 Å². The van der Waals surface area contributed by atoms with E-state index in [0.29, 0.717) is 5.65 Å². The second kappa shape index (κ2) is 6.72. The quantitative estimate of drug-likeness (QED) is 0.817. The van der Waals surface area contributed by atoms with Crippen molar-refractivity contribution in [1.82, 2.24) is 29.5 Å². The SMILES string of the molecule is CCCN1CCN(C(=O)c2nc(N(C)C)c3cnn(C)c3n2)CC1. The molecule has 2 aromatic rings. The van der Waals surface area contributed by atoms with Crippen LogP contribution in [0.3, 0.4) is 0 Å². The summed E-state index contributed by atoms with van der Waals surface area (Å²) in [6, 6.07) is 0. The van der Waals surface area contributed by atoms with Gasteiger partial charge in [0, 0.05) is 47.3 Å². The standard InChI is InChI=1S/C16H25N7O/c1-5-6-22-7-9-23(10-8-22)16(24)13-18-14(20(2)3)12-11-17-21(4)15(12)19-13/h11H,5-10H2,1-4H3. The Balaban J connectivity index is 1.86. The van der Waals surface area contributed by atoms with Crippen molar-refractivity contribution < 1.29 is 4.79 Å². The molecule has 1 aliphatic heterocycles. The lowest BCUT2D eigenvalue weighted by molar-refractivity contribution is 0.0626. The van der Waals surface area contributed by atoms with Gasteiger partial charge < -0.3 is 9.80 Å². The molecule has 130 valence electrons. The monoisotopic (exact) mass is 331 g/mol. The molecule has 0 bridgehead atoms. The molecule has 0 saturated carbocycles. The van der Waals surface area contributed by atoms with Crippen LogP contribution in [0.5, 0.6) is 0 Å². The van der Waals surface area contributed by atoms with Gasteiger partial charge in [0.1, 0.15) is 5.82 Å². The molecule has 8 heteroatoms. The Kier molecular flexibility index (Phi) is 4.66. The topological polar surface area (TPSA) is 70.4 Å². The molecule has 0 radical (unpaired) electrons. The Morgan fingerprint density at radius 2 is 1.92 bits per heavy atom. The van der Waals surface area contributed by atoms with Crippen LogP contribution in [0.2, 0.25) is 0 Å². The summed E-state index contributed by atoms with van der Waals surface area (Å²) < 4.78 is 1.68. The Morgan fingerprint density at radius 1 is 1.21 bits per heavy atom. The second-order valence-electron chi connectivity index (χ2n) is 6.40. The van der Waals surface area contributed by atoms with Crippen molar-refractivity contribution in [2.75, 3.05) is 51.7 Å². The number of nitrogens with zero attached hydrogens (tertiary/aromatic N) is 7. The van der Waals surface area contributed by atoms with Gasteiger partial charge in [-0.15, -0.1) is 0 Å². The van der Waals surface area contributed by atoms with E-state index >= 15 is 0 Å². The van der Waals surface area contributed by atoms with E-state index in [1.165, 1.54) is 0 Å². The van der Waals surface area contributed by atoms with Crippen LogP contribution in [0.4, 0.5) is 5.82 Å². The normalized spacial score (nSPS) is 15.9.